The van der Waals surface area contributed by atoms with E-state index in [-0.39, 0.29) is 15.9 Å². The van der Waals surface area contributed by atoms with E-state index >= 15 is 0 Å². The van der Waals surface area contributed by atoms with Crippen LogP contribution in [0.2, 0.25) is 0 Å². The first kappa shape index (κ1) is 11.3. The molecule has 0 bridgehead atoms. The largest absolute Gasteiger partial charge is 0.298 e. The summed E-state index contributed by atoms with van der Waals surface area (Å²) in [6.07, 6.45) is 0. The van der Waals surface area contributed by atoms with Crippen molar-refractivity contribution in [2.75, 3.05) is 5.75 Å². The molecule has 3 heteroatoms. The predicted octanol–water partition coefficient (Wildman–Crippen LogP) is 2.71. The highest BCUT2D eigenvalue weighted by Crippen LogP contribution is 2.25. The van der Waals surface area contributed by atoms with E-state index in [4.69, 9.17) is 11.6 Å². The minimum atomic E-state index is -0.320. The zero-order chi connectivity index (χ0) is 9.07. The quantitative estimate of drug-likeness (QED) is 0.643. The molecule has 0 aliphatic rings. The smallest absolute Gasteiger partial charge is 0.148 e. The Morgan fingerprint density at radius 3 is 2.27 bits per heavy atom. The molecule has 0 aromatic heterocycles. The van der Waals surface area contributed by atoms with Crippen molar-refractivity contribution in [3.05, 3.63) is 0 Å². The highest BCUT2D eigenvalue weighted by Gasteiger charge is 2.16. The van der Waals surface area contributed by atoms with Crippen molar-refractivity contribution in [2.24, 2.45) is 0 Å². The maximum absolute atomic E-state index is 10.7. The van der Waals surface area contributed by atoms with Gasteiger partial charge in [-0.25, -0.2) is 0 Å². The van der Waals surface area contributed by atoms with Gasteiger partial charge in [0.25, 0.3) is 0 Å². The van der Waals surface area contributed by atoms with E-state index in [0.29, 0.717) is 5.75 Å². The molecule has 0 aromatic carbocycles. The second-order valence-electron chi connectivity index (χ2n) is 3.50. The van der Waals surface area contributed by atoms with Gasteiger partial charge in [-0.3, -0.25) is 4.79 Å². The predicted molar refractivity (Wildman–Crippen MR) is 52.5 cm³/mol. The van der Waals surface area contributed by atoms with Gasteiger partial charge < -0.3 is 0 Å². The van der Waals surface area contributed by atoms with Crippen LogP contribution in [0.15, 0.2) is 0 Å². The Morgan fingerprint density at radius 2 is 2.00 bits per heavy atom. The number of ketones is 1. The summed E-state index contributed by atoms with van der Waals surface area (Å²) in [4.78, 5) is 10.7. The molecule has 0 radical (unpaired) electrons. The number of alkyl halides is 1. The molecule has 0 amide bonds. The van der Waals surface area contributed by atoms with E-state index in [0.717, 1.165) is 0 Å². The number of hydrogen-bond donors (Lipinski definition) is 0. The Kier molecular flexibility index (Phi) is 4.49. The molecular formula is C8H15ClOS. The van der Waals surface area contributed by atoms with Crippen LogP contribution < -0.4 is 0 Å². The van der Waals surface area contributed by atoms with E-state index in [1.807, 2.05) is 0 Å². The van der Waals surface area contributed by atoms with Gasteiger partial charge in [-0.15, -0.1) is 11.6 Å². The molecule has 0 N–H and O–H groups in total. The fraction of sp³-hybridized carbons (Fsp3) is 0.875. The molecule has 1 atom stereocenters. The Morgan fingerprint density at radius 1 is 1.55 bits per heavy atom. The number of carbonyl (C=O) groups is 1. The fourth-order valence-corrected chi connectivity index (χ4v) is 1.51. The lowest BCUT2D eigenvalue weighted by Crippen LogP contribution is -2.18. The zero-order valence-electron chi connectivity index (χ0n) is 7.48. The lowest BCUT2D eigenvalue weighted by atomic mass is 10.3. The highest BCUT2D eigenvalue weighted by atomic mass is 35.5. The third-order valence-electron chi connectivity index (χ3n) is 1.10. The van der Waals surface area contributed by atoms with Crippen molar-refractivity contribution in [1.29, 1.82) is 0 Å². The molecule has 66 valence electrons. The molecule has 0 rings (SSSR count). The van der Waals surface area contributed by atoms with Gasteiger partial charge in [0.1, 0.15) is 11.2 Å². The molecule has 0 aliphatic carbocycles. The van der Waals surface area contributed by atoms with Crippen molar-refractivity contribution >= 4 is 29.1 Å². The van der Waals surface area contributed by atoms with Crippen molar-refractivity contribution in [3.63, 3.8) is 0 Å². The minimum absolute atomic E-state index is 0.0587. The van der Waals surface area contributed by atoms with E-state index in [2.05, 4.69) is 20.8 Å². The van der Waals surface area contributed by atoms with E-state index in [1.165, 1.54) is 6.92 Å². The van der Waals surface area contributed by atoms with Gasteiger partial charge in [-0.1, -0.05) is 20.8 Å². The number of Topliss-reactive ketones (excluding diaryl/α,β-unsaturated/α-hetero) is 1. The summed E-state index contributed by atoms with van der Waals surface area (Å²) >= 11 is 7.47. The Hall–Kier alpha value is 0.310. The summed E-state index contributed by atoms with van der Waals surface area (Å²) in [5.74, 6) is 0.767. The second kappa shape index (κ2) is 4.36. The van der Waals surface area contributed by atoms with Crippen molar-refractivity contribution in [2.45, 2.75) is 37.8 Å². The van der Waals surface area contributed by atoms with Gasteiger partial charge in [-0.05, 0) is 6.92 Å². The van der Waals surface area contributed by atoms with Crippen LogP contribution in [0.5, 0.6) is 0 Å². The fourth-order valence-electron chi connectivity index (χ4n) is 0.441. The monoisotopic (exact) mass is 194 g/mol. The average molecular weight is 195 g/mol. The Balaban J connectivity index is 3.63. The first-order valence-corrected chi connectivity index (χ1v) is 5.03. The first-order chi connectivity index (χ1) is 4.83. The average Bonchev–Trinajstić information content (AvgIpc) is 1.80. The molecule has 0 spiro atoms. The first-order valence-electron chi connectivity index (χ1n) is 3.61. The summed E-state index contributed by atoms with van der Waals surface area (Å²) < 4.78 is 0.197. The second-order valence-corrected chi connectivity index (χ2v) is 5.88. The van der Waals surface area contributed by atoms with Crippen LogP contribution in [-0.4, -0.2) is 21.7 Å². The molecule has 0 heterocycles. The minimum Gasteiger partial charge on any atom is -0.298 e. The van der Waals surface area contributed by atoms with Crippen LogP contribution in [0.3, 0.4) is 0 Å². The molecule has 1 nitrogen and oxygen atoms in total. The van der Waals surface area contributed by atoms with Crippen molar-refractivity contribution < 1.29 is 4.79 Å². The van der Waals surface area contributed by atoms with E-state index < -0.39 is 0 Å². The van der Waals surface area contributed by atoms with Crippen LogP contribution in [0, 0.1) is 0 Å². The molecule has 0 aliphatic heterocycles. The third kappa shape index (κ3) is 6.70. The standard InChI is InChI=1S/C8H15ClOS/c1-6(10)7(9)5-11-8(2,3)4/h7H,5H2,1-4H3. The number of carbonyl (C=O) groups excluding carboxylic acids is 1. The molecular weight excluding hydrogens is 180 g/mol. The van der Waals surface area contributed by atoms with Crippen LogP contribution in [-0.2, 0) is 4.79 Å². The van der Waals surface area contributed by atoms with Crippen molar-refractivity contribution in [1.82, 2.24) is 0 Å². The topological polar surface area (TPSA) is 17.1 Å². The lowest BCUT2D eigenvalue weighted by Gasteiger charge is -2.18. The van der Waals surface area contributed by atoms with Gasteiger partial charge >= 0.3 is 0 Å². The molecule has 11 heavy (non-hydrogen) atoms. The molecule has 0 aromatic rings. The summed E-state index contributed by atoms with van der Waals surface area (Å²) in [5, 5.41) is -0.320. The number of halogens is 1. The zero-order valence-corrected chi connectivity index (χ0v) is 9.05. The molecule has 0 saturated heterocycles. The number of hydrogen-bond acceptors (Lipinski definition) is 2. The van der Waals surface area contributed by atoms with Gasteiger partial charge in [0.15, 0.2) is 0 Å². The van der Waals surface area contributed by atoms with Gasteiger partial charge in [0, 0.05) is 10.5 Å². The van der Waals surface area contributed by atoms with Gasteiger partial charge in [0.2, 0.25) is 0 Å². The number of thioether (sulfide) groups is 1. The van der Waals surface area contributed by atoms with E-state index in [1.54, 1.807) is 11.8 Å². The van der Waals surface area contributed by atoms with Gasteiger partial charge in [-0.2, -0.15) is 11.8 Å². The Bertz CT molecular complexity index is 140. The summed E-state index contributed by atoms with van der Waals surface area (Å²) in [6, 6.07) is 0. The van der Waals surface area contributed by atoms with Crippen LogP contribution in [0.4, 0.5) is 0 Å². The normalized spacial score (nSPS) is 14.6. The maximum atomic E-state index is 10.7. The molecule has 0 saturated carbocycles. The van der Waals surface area contributed by atoms with Crippen LogP contribution in [0.1, 0.15) is 27.7 Å². The summed E-state index contributed by atoms with van der Waals surface area (Å²) in [5.41, 5.74) is 0. The maximum Gasteiger partial charge on any atom is 0.148 e. The van der Waals surface area contributed by atoms with E-state index in [9.17, 15) is 4.79 Å². The summed E-state index contributed by atoms with van der Waals surface area (Å²) in [7, 11) is 0. The van der Waals surface area contributed by atoms with Crippen LogP contribution in [0.25, 0.3) is 0 Å². The lowest BCUT2D eigenvalue weighted by molar-refractivity contribution is -0.116. The Labute approximate surface area is 77.9 Å². The highest BCUT2D eigenvalue weighted by molar-refractivity contribution is 8.00. The summed E-state index contributed by atoms with van der Waals surface area (Å²) in [6.45, 7) is 7.87. The molecule has 1 unspecified atom stereocenters. The molecule has 0 fully saturated rings. The van der Waals surface area contributed by atoms with Gasteiger partial charge in [0.05, 0.1) is 0 Å². The third-order valence-corrected chi connectivity index (χ3v) is 3.11. The SMILES string of the molecule is CC(=O)C(Cl)CSC(C)(C)C. The van der Waals surface area contributed by atoms with Crippen molar-refractivity contribution in [3.8, 4) is 0 Å². The van der Waals surface area contributed by atoms with Crippen LogP contribution >= 0.6 is 23.4 Å². The number of rotatable bonds is 3.